The summed E-state index contributed by atoms with van der Waals surface area (Å²) in [6, 6.07) is 0. The fraction of sp³-hybridized carbons (Fsp3) is 0.750. The second-order valence-electron chi connectivity index (χ2n) is 5.40. The Morgan fingerprint density at radius 2 is 1.18 bits per heavy atom. The van der Waals surface area contributed by atoms with Gasteiger partial charge in [0.25, 0.3) is 0 Å². The maximum atomic E-state index is 4.00. The van der Waals surface area contributed by atoms with Gasteiger partial charge in [-0.05, 0) is 0 Å². The Balaban J connectivity index is 4.35. The molecule has 0 fully saturated rings. The van der Waals surface area contributed by atoms with E-state index in [1.807, 2.05) is 0 Å². The van der Waals surface area contributed by atoms with Crippen molar-refractivity contribution in [3.8, 4) is 0 Å². The van der Waals surface area contributed by atoms with E-state index in [1.54, 1.807) is 0 Å². The summed E-state index contributed by atoms with van der Waals surface area (Å²) in [5.74, 6) is 0. The van der Waals surface area contributed by atoms with Gasteiger partial charge in [0.2, 0.25) is 0 Å². The second kappa shape index (κ2) is 11.1. The van der Waals surface area contributed by atoms with Crippen molar-refractivity contribution < 1.29 is 0 Å². The summed E-state index contributed by atoms with van der Waals surface area (Å²) >= 11 is -1.66. The van der Waals surface area contributed by atoms with Crippen molar-refractivity contribution in [1.29, 1.82) is 0 Å². The SMILES string of the molecule is C=C[CH2][Ge]([CH2]C=C)([CH2]CCCC)[CH2]CCCC. The summed E-state index contributed by atoms with van der Waals surface area (Å²) in [6.07, 6.45) is 12.8. The standard InChI is InChI=1S/C16H32Ge/c1-5-9-11-15-17(13-7-3,14-8-4)16-12-10-6-2/h7-8H,3-6,9-16H2,1-2H3. The molecule has 0 unspecified atom stereocenters. The maximum absolute atomic E-state index is 4.00. The van der Waals surface area contributed by atoms with Crippen LogP contribution in [0.4, 0.5) is 0 Å². The van der Waals surface area contributed by atoms with E-state index in [9.17, 15) is 0 Å². The van der Waals surface area contributed by atoms with Crippen molar-refractivity contribution in [3.63, 3.8) is 0 Å². The van der Waals surface area contributed by atoms with E-state index in [4.69, 9.17) is 0 Å². The molecule has 0 amide bonds. The van der Waals surface area contributed by atoms with Crippen LogP contribution in [0, 0.1) is 0 Å². The topological polar surface area (TPSA) is 0 Å². The van der Waals surface area contributed by atoms with E-state index in [-0.39, 0.29) is 0 Å². The van der Waals surface area contributed by atoms with Crippen molar-refractivity contribution in [1.82, 2.24) is 0 Å². The van der Waals surface area contributed by atoms with Crippen LogP contribution in [-0.2, 0) is 0 Å². The number of allylic oxidation sites excluding steroid dienone is 2. The van der Waals surface area contributed by atoms with Crippen molar-refractivity contribution in [2.75, 3.05) is 0 Å². The molecule has 0 nitrogen and oxygen atoms in total. The molecule has 17 heavy (non-hydrogen) atoms. The first-order chi connectivity index (χ1) is 8.24. The molecule has 0 aromatic heterocycles. The molecule has 0 bridgehead atoms. The van der Waals surface area contributed by atoms with E-state index in [0.717, 1.165) is 0 Å². The number of rotatable bonds is 12. The van der Waals surface area contributed by atoms with Crippen LogP contribution in [0.3, 0.4) is 0 Å². The summed E-state index contributed by atoms with van der Waals surface area (Å²) in [5, 5.41) is 5.77. The molecule has 0 saturated carbocycles. The van der Waals surface area contributed by atoms with Crippen LogP contribution in [0.15, 0.2) is 25.3 Å². The average Bonchev–Trinajstić information content (AvgIpc) is 2.30. The minimum atomic E-state index is -1.66. The predicted molar refractivity (Wildman–Crippen MR) is 84.4 cm³/mol. The van der Waals surface area contributed by atoms with Gasteiger partial charge >= 0.3 is 112 Å². The first-order valence-corrected chi connectivity index (χ1v) is 13.4. The zero-order valence-electron chi connectivity index (χ0n) is 12.1. The van der Waals surface area contributed by atoms with Crippen LogP contribution in [0.25, 0.3) is 0 Å². The minimum absolute atomic E-state index is 1.34. The van der Waals surface area contributed by atoms with Gasteiger partial charge < -0.3 is 0 Å². The molecule has 0 aromatic carbocycles. The van der Waals surface area contributed by atoms with Gasteiger partial charge in [0, 0.05) is 0 Å². The molecule has 0 radical (unpaired) electrons. The van der Waals surface area contributed by atoms with E-state index in [0.29, 0.717) is 0 Å². The fourth-order valence-electron chi connectivity index (χ4n) is 2.73. The van der Waals surface area contributed by atoms with Gasteiger partial charge in [-0.3, -0.25) is 0 Å². The Bertz CT molecular complexity index is 174. The third-order valence-electron chi connectivity index (χ3n) is 3.78. The number of hydrogen-bond donors (Lipinski definition) is 0. The van der Waals surface area contributed by atoms with Crippen LogP contribution >= 0.6 is 0 Å². The molecule has 0 aliphatic heterocycles. The Morgan fingerprint density at radius 3 is 1.47 bits per heavy atom. The molecule has 0 spiro atoms. The predicted octanol–water partition coefficient (Wildman–Crippen LogP) is 6.19. The summed E-state index contributed by atoms with van der Waals surface area (Å²) in [6.45, 7) is 12.6. The molecule has 0 atom stereocenters. The van der Waals surface area contributed by atoms with Crippen LogP contribution in [0.2, 0.25) is 21.0 Å². The fourth-order valence-corrected chi connectivity index (χ4v) is 12.1. The third kappa shape index (κ3) is 7.86. The van der Waals surface area contributed by atoms with Crippen molar-refractivity contribution in [2.45, 2.75) is 73.4 Å². The molecule has 0 heterocycles. The molecule has 0 aromatic rings. The van der Waals surface area contributed by atoms with Crippen LogP contribution in [0.1, 0.15) is 52.4 Å². The van der Waals surface area contributed by atoms with Crippen molar-refractivity contribution in [3.05, 3.63) is 25.3 Å². The molecule has 100 valence electrons. The molecule has 0 aliphatic rings. The average molecular weight is 297 g/mol. The summed E-state index contributed by atoms with van der Waals surface area (Å²) < 4.78 is 0. The summed E-state index contributed by atoms with van der Waals surface area (Å²) in [7, 11) is 0. The van der Waals surface area contributed by atoms with Gasteiger partial charge in [0.1, 0.15) is 0 Å². The number of hydrogen-bond acceptors (Lipinski definition) is 0. The molecule has 1 heteroatoms. The van der Waals surface area contributed by atoms with Crippen molar-refractivity contribution in [2.24, 2.45) is 0 Å². The Kier molecular flexibility index (Phi) is 11.1. The zero-order valence-corrected chi connectivity index (χ0v) is 14.2. The third-order valence-corrected chi connectivity index (χ3v) is 14.6. The molecular formula is C16H32Ge. The molecule has 0 N–H and O–H groups in total. The van der Waals surface area contributed by atoms with Crippen LogP contribution in [0.5, 0.6) is 0 Å². The Labute approximate surface area is 112 Å². The van der Waals surface area contributed by atoms with E-state index >= 15 is 0 Å². The second-order valence-corrected chi connectivity index (χ2v) is 15.5. The van der Waals surface area contributed by atoms with Gasteiger partial charge in [-0.15, -0.1) is 0 Å². The van der Waals surface area contributed by atoms with Gasteiger partial charge in [-0.1, -0.05) is 0 Å². The summed E-state index contributed by atoms with van der Waals surface area (Å²) in [5.41, 5.74) is 0. The van der Waals surface area contributed by atoms with E-state index in [2.05, 4.69) is 39.2 Å². The summed E-state index contributed by atoms with van der Waals surface area (Å²) in [4.78, 5) is 0. The van der Waals surface area contributed by atoms with E-state index < -0.39 is 13.3 Å². The van der Waals surface area contributed by atoms with Gasteiger partial charge in [0.05, 0.1) is 0 Å². The van der Waals surface area contributed by atoms with Crippen molar-refractivity contribution >= 4 is 13.3 Å². The first-order valence-electron chi connectivity index (χ1n) is 7.46. The Hall–Kier alpha value is 0.0229. The molecule has 0 saturated heterocycles. The molecule has 0 rings (SSSR count). The van der Waals surface area contributed by atoms with E-state index in [1.165, 1.54) is 59.5 Å². The number of unbranched alkanes of at least 4 members (excludes halogenated alkanes) is 4. The normalized spacial score (nSPS) is 11.4. The zero-order chi connectivity index (χ0) is 13.0. The first kappa shape index (κ1) is 17.0. The monoisotopic (exact) mass is 298 g/mol. The van der Waals surface area contributed by atoms with Crippen LogP contribution in [-0.4, -0.2) is 13.3 Å². The molecular weight excluding hydrogens is 265 g/mol. The van der Waals surface area contributed by atoms with Gasteiger partial charge in [-0.2, -0.15) is 0 Å². The van der Waals surface area contributed by atoms with Gasteiger partial charge in [-0.25, -0.2) is 0 Å². The van der Waals surface area contributed by atoms with Gasteiger partial charge in [0.15, 0.2) is 0 Å². The quantitative estimate of drug-likeness (QED) is 0.229. The van der Waals surface area contributed by atoms with Crippen LogP contribution < -0.4 is 0 Å². The Morgan fingerprint density at radius 1 is 0.765 bits per heavy atom. The molecule has 0 aliphatic carbocycles.